The van der Waals surface area contributed by atoms with Crippen molar-refractivity contribution < 1.29 is 9.84 Å². The second kappa shape index (κ2) is 7.20. The summed E-state index contributed by atoms with van der Waals surface area (Å²) >= 11 is 0. The number of nitrogens with zero attached hydrogens (tertiary/aromatic N) is 1. The third kappa shape index (κ3) is 5.50. The third-order valence-electron chi connectivity index (χ3n) is 3.09. The van der Waals surface area contributed by atoms with Gasteiger partial charge in [-0.25, -0.2) is 0 Å². The quantitative estimate of drug-likeness (QED) is 0.701. The monoisotopic (exact) mass is 215 g/mol. The van der Waals surface area contributed by atoms with Crippen molar-refractivity contribution in [3.8, 4) is 0 Å². The van der Waals surface area contributed by atoms with E-state index in [0.717, 1.165) is 39.0 Å². The van der Waals surface area contributed by atoms with E-state index >= 15 is 0 Å². The minimum Gasteiger partial charge on any atom is -0.393 e. The van der Waals surface area contributed by atoms with E-state index in [9.17, 15) is 5.11 Å². The van der Waals surface area contributed by atoms with Crippen LogP contribution in [-0.4, -0.2) is 49.0 Å². The Labute approximate surface area is 93.4 Å². The van der Waals surface area contributed by atoms with E-state index in [1.165, 1.54) is 12.8 Å². The molecule has 1 rings (SSSR count). The molecule has 2 unspecified atom stereocenters. The van der Waals surface area contributed by atoms with Crippen LogP contribution >= 0.6 is 0 Å². The lowest BCUT2D eigenvalue weighted by Gasteiger charge is -2.20. The number of likely N-dealkylation sites (N-methyl/N-ethyl adjacent to an activating group) is 1. The molecule has 0 aromatic heterocycles. The Morgan fingerprint density at radius 1 is 1.53 bits per heavy atom. The molecule has 15 heavy (non-hydrogen) atoms. The highest BCUT2D eigenvalue weighted by atomic mass is 16.5. The molecule has 1 heterocycles. The van der Waals surface area contributed by atoms with Crippen molar-refractivity contribution in [3.05, 3.63) is 0 Å². The molecule has 3 heteroatoms. The first-order valence-corrected chi connectivity index (χ1v) is 6.20. The topological polar surface area (TPSA) is 32.7 Å². The SMILES string of the molecule is CCC(O)CCCN(C)CC1CCCO1. The fourth-order valence-electron chi connectivity index (χ4n) is 2.03. The predicted octanol–water partition coefficient (Wildman–Crippen LogP) is 1.65. The van der Waals surface area contributed by atoms with Crippen LogP contribution in [0.3, 0.4) is 0 Å². The Balaban J connectivity index is 2.00. The predicted molar refractivity (Wildman–Crippen MR) is 62.0 cm³/mol. The van der Waals surface area contributed by atoms with Crippen LogP contribution in [0.15, 0.2) is 0 Å². The maximum absolute atomic E-state index is 9.41. The number of hydrogen-bond acceptors (Lipinski definition) is 3. The fraction of sp³-hybridized carbons (Fsp3) is 1.00. The summed E-state index contributed by atoms with van der Waals surface area (Å²) in [4.78, 5) is 2.32. The second-order valence-electron chi connectivity index (χ2n) is 4.60. The molecule has 0 saturated carbocycles. The summed E-state index contributed by atoms with van der Waals surface area (Å²) in [7, 11) is 2.14. The summed E-state index contributed by atoms with van der Waals surface area (Å²) in [6.45, 7) is 5.08. The molecule has 0 radical (unpaired) electrons. The van der Waals surface area contributed by atoms with Gasteiger partial charge in [0.05, 0.1) is 12.2 Å². The summed E-state index contributed by atoms with van der Waals surface area (Å²) < 4.78 is 5.58. The average Bonchev–Trinajstić information content (AvgIpc) is 2.70. The van der Waals surface area contributed by atoms with Gasteiger partial charge in [0.25, 0.3) is 0 Å². The summed E-state index contributed by atoms with van der Waals surface area (Å²) in [5, 5.41) is 9.41. The molecule has 0 amide bonds. The zero-order chi connectivity index (χ0) is 11.1. The van der Waals surface area contributed by atoms with Crippen LogP contribution in [-0.2, 0) is 4.74 Å². The van der Waals surface area contributed by atoms with E-state index in [2.05, 4.69) is 11.9 Å². The molecule has 1 saturated heterocycles. The van der Waals surface area contributed by atoms with Gasteiger partial charge in [-0.3, -0.25) is 0 Å². The average molecular weight is 215 g/mol. The first kappa shape index (κ1) is 12.9. The molecule has 0 aliphatic carbocycles. The van der Waals surface area contributed by atoms with Gasteiger partial charge in [0.1, 0.15) is 0 Å². The minimum atomic E-state index is -0.110. The van der Waals surface area contributed by atoms with E-state index in [4.69, 9.17) is 4.74 Å². The molecule has 1 aliphatic rings. The first-order chi connectivity index (χ1) is 7.22. The largest absolute Gasteiger partial charge is 0.393 e. The van der Waals surface area contributed by atoms with Gasteiger partial charge < -0.3 is 14.7 Å². The van der Waals surface area contributed by atoms with Crippen molar-refractivity contribution in [2.45, 2.75) is 51.2 Å². The van der Waals surface area contributed by atoms with Crippen LogP contribution in [0.2, 0.25) is 0 Å². The van der Waals surface area contributed by atoms with E-state index in [0.29, 0.717) is 6.10 Å². The number of aliphatic hydroxyl groups excluding tert-OH is 1. The molecule has 1 N–H and O–H groups in total. The van der Waals surface area contributed by atoms with Crippen LogP contribution < -0.4 is 0 Å². The van der Waals surface area contributed by atoms with Crippen LogP contribution in [0.25, 0.3) is 0 Å². The normalized spacial score (nSPS) is 23.6. The molecule has 1 fully saturated rings. The highest BCUT2D eigenvalue weighted by molar-refractivity contribution is 4.68. The number of ether oxygens (including phenoxy) is 1. The Bertz CT molecular complexity index is 158. The van der Waals surface area contributed by atoms with Gasteiger partial charge in [-0.2, -0.15) is 0 Å². The van der Waals surface area contributed by atoms with Crippen LogP contribution in [0.5, 0.6) is 0 Å². The van der Waals surface area contributed by atoms with Crippen LogP contribution in [0, 0.1) is 0 Å². The van der Waals surface area contributed by atoms with Crippen molar-refractivity contribution in [2.24, 2.45) is 0 Å². The van der Waals surface area contributed by atoms with E-state index in [-0.39, 0.29) is 6.10 Å². The highest BCUT2D eigenvalue weighted by Gasteiger charge is 2.16. The lowest BCUT2D eigenvalue weighted by molar-refractivity contribution is 0.0787. The first-order valence-electron chi connectivity index (χ1n) is 6.20. The molecule has 0 spiro atoms. The zero-order valence-electron chi connectivity index (χ0n) is 10.1. The molecular formula is C12H25NO2. The number of rotatable bonds is 7. The Hall–Kier alpha value is -0.120. The number of aliphatic hydroxyl groups is 1. The van der Waals surface area contributed by atoms with Gasteiger partial charge in [0.15, 0.2) is 0 Å². The summed E-state index contributed by atoms with van der Waals surface area (Å²) in [6, 6.07) is 0. The molecule has 3 nitrogen and oxygen atoms in total. The van der Waals surface area contributed by atoms with Gasteiger partial charge >= 0.3 is 0 Å². The number of hydrogen-bond donors (Lipinski definition) is 1. The van der Waals surface area contributed by atoms with Gasteiger partial charge in [0, 0.05) is 13.2 Å². The van der Waals surface area contributed by atoms with Gasteiger partial charge in [0.2, 0.25) is 0 Å². The molecule has 1 aliphatic heterocycles. The fourth-order valence-corrected chi connectivity index (χ4v) is 2.03. The minimum absolute atomic E-state index is 0.110. The summed E-state index contributed by atoms with van der Waals surface area (Å²) in [5.74, 6) is 0. The van der Waals surface area contributed by atoms with Crippen molar-refractivity contribution >= 4 is 0 Å². The molecule has 0 bridgehead atoms. The Kier molecular flexibility index (Phi) is 6.22. The molecular weight excluding hydrogens is 190 g/mol. The lowest BCUT2D eigenvalue weighted by atomic mass is 10.1. The van der Waals surface area contributed by atoms with Gasteiger partial charge in [-0.1, -0.05) is 6.92 Å². The van der Waals surface area contributed by atoms with Crippen molar-refractivity contribution in [3.63, 3.8) is 0 Å². The maximum atomic E-state index is 9.41. The van der Waals surface area contributed by atoms with Crippen molar-refractivity contribution in [1.82, 2.24) is 4.90 Å². The highest BCUT2D eigenvalue weighted by Crippen LogP contribution is 2.13. The van der Waals surface area contributed by atoms with E-state index in [1.807, 2.05) is 6.92 Å². The summed E-state index contributed by atoms with van der Waals surface area (Å²) in [5.41, 5.74) is 0. The smallest absolute Gasteiger partial charge is 0.0702 e. The molecule has 0 aromatic rings. The van der Waals surface area contributed by atoms with Crippen molar-refractivity contribution in [1.29, 1.82) is 0 Å². The second-order valence-corrected chi connectivity index (χ2v) is 4.60. The third-order valence-corrected chi connectivity index (χ3v) is 3.09. The maximum Gasteiger partial charge on any atom is 0.0702 e. The molecule has 90 valence electrons. The molecule has 2 atom stereocenters. The van der Waals surface area contributed by atoms with Gasteiger partial charge in [-0.05, 0) is 45.7 Å². The zero-order valence-corrected chi connectivity index (χ0v) is 10.1. The lowest BCUT2D eigenvalue weighted by Crippen LogP contribution is -2.29. The Morgan fingerprint density at radius 2 is 2.33 bits per heavy atom. The molecule has 0 aromatic carbocycles. The standard InChI is InChI=1S/C12H25NO2/c1-3-11(14)6-4-8-13(2)10-12-7-5-9-15-12/h11-12,14H,3-10H2,1-2H3. The van der Waals surface area contributed by atoms with E-state index in [1.54, 1.807) is 0 Å². The van der Waals surface area contributed by atoms with Crippen LogP contribution in [0.1, 0.15) is 39.0 Å². The Morgan fingerprint density at radius 3 is 2.93 bits per heavy atom. The van der Waals surface area contributed by atoms with Crippen LogP contribution in [0.4, 0.5) is 0 Å². The van der Waals surface area contributed by atoms with Crippen molar-refractivity contribution in [2.75, 3.05) is 26.7 Å². The van der Waals surface area contributed by atoms with E-state index < -0.39 is 0 Å². The van der Waals surface area contributed by atoms with Gasteiger partial charge in [-0.15, -0.1) is 0 Å². The summed E-state index contributed by atoms with van der Waals surface area (Å²) in [6.07, 6.45) is 5.64.